The van der Waals surface area contributed by atoms with Crippen LogP contribution >= 0.6 is 0 Å². The van der Waals surface area contributed by atoms with E-state index in [1.165, 1.54) is 0 Å². The highest BCUT2D eigenvalue weighted by atomic mass is 16.4. The molecule has 0 atom stereocenters. The average molecular weight is 242 g/mol. The van der Waals surface area contributed by atoms with Crippen LogP contribution in [0.3, 0.4) is 0 Å². The molecule has 0 saturated carbocycles. The molecule has 2 aromatic carbocycles. The summed E-state index contributed by atoms with van der Waals surface area (Å²) in [6, 6.07) is 10.2. The molecule has 0 aromatic heterocycles. The number of aromatic carboxylic acids is 1. The molecule has 2 N–H and O–H groups in total. The van der Waals surface area contributed by atoms with Crippen LogP contribution in [0.4, 0.5) is 0 Å². The summed E-state index contributed by atoms with van der Waals surface area (Å²) < 4.78 is 0. The minimum absolute atomic E-state index is 0.206. The van der Waals surface area contributed by atoms with Crippen molar-refractivity contribution in [3.05, 3.63) is 53.1 Å². The van der Waals surface area contributed by atoms with Gasteiger partial charge in [0.05, 0.1) is 5.56 Å². The van der Waals surface area contributed by atoms with Gasteiger partial charge in [-0.05, 0) is 60.4 Å². The Morgan fingerprint density at radius 3 is 2.28 bits per heavy atom. The third-order valence-corrected chi connectivity index (χ3v) is 2.98. The van der Waals surface area contributed by atoms with E-state index in [0.29, 0.717) is 0 Å². The maximum atomic E-state index is 10.9. The highest BCUT2D eigenvalue weighted by Gasteiger charge is 2.09. The second kappa shape index (κ2) is 4.53. The number of carbonyl (C=O) groups is 1. The maximum Gasteiger partial charge on any atom is 0.335 e. The molecule has 2 aromatic rings. The van der Waals surface area contributed by atoms with E-state index in [-0.39, 0.29) is 11.3 Å². The normalized spacial score (nSPS) is 10.3. The van der Waals surface area contributed by atoms with E-state index >= 15 is 0 Å². The van der Waals surface area contributed by atoms with Gasteiger partial charge in [-0.15, -0.1) is 0 Å². The van der Waals surface area contributed by atoms with Crippen molar-refractivity contribution in [2.24, 2.45) is 0 Å². The van der Waals surface area contributed by atoms with E-state index in [0.717, 1.165) is 22.3 Å². The van der Waals surface area contributed by atoms with Crippen molar-refractivity contribution >= 4 is 5.97 Å². The van der Waals surface area contributed by atoms with Crippen LogP contribution in [-0.4, -0.2) is 16.2 Å². The highest BCUT2D eigenvalue weighted by Crippen LogP contribution is 2.30. The fraction of sp³-hybridized carbons (Fsp3) is 0.133. The second-order valence-electron chi connectivity index (χ2n) is 4.33. The van der Waals surface area contributed by atoms with Crippen LogP contribution in [0.15, 0.2) is 36.4 Å². The molecule has 0 saturated heterocycles. The Bertz CT molecular complexity index is 615. The molecule has 0 aliphatic heterocycles. The molecule has 18 heavy (non-hydrogen) atoms. The molecule has 0 spiro atoms. The minimum Gasteiger partial charge on any atom is -0.508 e. The van der Waals surface area contributed by atoms with Crippen molar-refractivity contribution in [2.45, 2.75) is 13.8 Å². The number of aryl methyl sites for hydroxylation is 2. The molecule has 0 aliphatic carbocycles. The lowest BCUT2D eigenvalue weighted by Crippen LogP contribution is -1.97. The first kappa shape index (κ1) is 12.2. The van der Waals surface area contributed by atoms with Crippen molar-refractivity contribution in [2.75, 3.05) is 0 Å². The highest BCUT2D eigenvalue weighted by molar-refractivity contribution is 5.89. The summed E-state index contributed by atoms with van der Waals surface area (Å²) in [5, 5.41) is 18.5. The quantitative estimate of drug-likeness (QED) is 0.848. The fourth-order valence-electron chi connectivity index (χ4n) is 2.00. The molecule has 2 rings (SSSR count). The van der Waals surface area contributed by atoms with Crippen molar-refractivity contribution in [3.8, 4) is 16.9 Å². The van der Waals surface area contributed by atoms with Crippen molar-refractivity contribution in [3.63, 3.8) is 0 Å². The van der Waals surface area contributed by atoms with E-state index in [9.17, 15) is 9.90 Å². The van der Waals surface area contributed by atoms with E-state index in [2.05, 4.69) is 0 Å². The first-order chi connectivity index (χ1) is 8.49. The van der Waals surface area contributed by atoms with Gasteiger partial charge in [-0.1, -0.05) is 12.1 Å². The summed E-state index contributed by atoms with van der Waals surface area (Å²) in [5.41, 5.74) is 4.05. The second-order valence-corrected chi connectivity index (χ2v) is 4.33. The Labute approximate surface area is 105 Å². The van der Waals surface area contributed by atoms with E-state index < -0.39 is 5.97 Å². The predicted octanol–water partition coefficient (Wildman–Crippen LogP) is 3.37. The van der Waals surface area contributed by atoms with Gasteiger partial charge in [0.15, 0.2) is 0 Å². The fourth-order valence-corrected chi connectivity index (χ4v) is 2.00. The molecule has 0 aliphatic rings. The zero-order chi connectivity index (χ0) is 13.3. The lowest BCUT2D eigenvalue weighted by atomic mass is 9.95. The zero-order valence-corrected chi connectivity index (χ0v) is 10.3. The lowest BCUT2D eigenvalue weighted by molar-refractivity contribution is 0.0697. The van der Waals surface area contributed by atoms with Crippen molar-refractivity contribution in [1.82, 2.24) is 0 Å². The van der Waals surface area contributed by atoms with Crippen LogP contribution in [0.25, 0.3) is 11.1 Å². The number of carboxylic acid groups (broad SMARTS) is 1. The Hall–Kier alpha value is -2.29. The van der Waals surface area contributed by atoms with Crippen molar-refractivity contribution in [1.29, 1.82) is 0 Å². The molecule has 0 heterocycles. The first-order valence-electron chi connectivity index (χ1n) is 5.63. The summed E-state index contributed by atoms with van der Waals surface area (Å²) in [5.74, 6) is -0.727. The number of phenolic OH excluding ortho intramolecular Hbond substituents is 1. The SMILES string of the molecule is Cc1cc(C(=O)O)ccc1-c1cc(O)ccc1C. The maximum absolute atomic E-state index is 10.9. The molecule has 0 bridgehead atoms. The van der Waals surface area contributed by atoms with E-state index in [1.807, 2.05) is 19.9 Å². The number of hydrogen-bond donors (Lipinski definition) is 2. The van der Waals surface area contributed by atoms with Gasteiger partial charge in [-0.3, -0.25) is 0 Å². The molecule has 0 unspecified atom stereocenters. The topological polar surface area (TPSA) is 57.5 Å². The summed E-state index contributed by atoms with van der Waals surface area (Å²) in [6.07, 6.45) is 0. The predicted molar refractivity (Wildman–Crippen MR) is 70.0 cm³/mol. The van der Waals surface area contributed by atoms with Gasteiger partial charge in [-0.2, -0.15) is 0 Å². The van der Waals surface area contributed by atoms with E-state index in [1.54, 1.807) is 30.3 Å². The van der Waals surface area contributed by atoms with Crippen LogP contribution in [0.1, 0.15) is 21.5 Å². The molecule has 92 valence electrons. The number of aromatic hydroxyl groups is 1. The smallest absolute Gasteiger partial charge is 0.335 e. The van der Waals surface area contributed by atoms with E-state index in [4.69, 9.17) is 5.11 Å². The molecular weight excluding hydrogens is 228 g/mol. The zero-order valence-electron chi connectivity index (χ0n) is 10.3. The Morgan fingerprint density at radius 2 is 1.67 bits per heavy atom. The largest absolute Gasteiger partial charge is 0.508 e. The monoisotopic (exact) mass is 242 g/mol. The summed E-state index contributed by atoms with van der Waals surface area (Å²) in [4.78, 5) is 10.9. The molecule has 0 fully saturated rings. The van der Waals surface area contributed by atoms with Crippen LogP contribution in [0.5, 0.6) is 5.75 Å². The van der Waals surface area contributed by atoms with Crippen LogP contribution < -0.4 is 0 Å². The summed E-state index contributed by atoms with van der Waals surface area (Å²) in [6.45, 7) is 3.82. The van der Waals surface area contributed by atoms with Gasteiger partial charge < -0.3 is 10.2 Å². The summed E-state index contributed by atoms with van der Waals surface area (Å²) >= 11 is 0. The number of rotatable bonds is 2. The van der Waals surface area contributed by atoms with Crippen LogP contribution in [-0.2, 0) is 0 Å². The van der Waals surface area contributed by atoms with Gasteiger partial charge in [0.2, 0.25) is 0 Å². The van der Waals surface area contributed by atoms with Gasteiger partial charge in [0.25, 0.3) is 0 Å². The summed E-state index contributed by atoms with van der Waals surface area (Å²) in [7, 11) is 0. The minimum atomic E-state index is -0.933. The van der Waals surface area contributed by atoms with Gasteiger partial charge in [0.1, 0.15) is 5.75 Å². The van der Waals surface area contributed by atoms with Crippen molar-refractivity contribution < 1.29 is 15.0 Å². The third-order valence-electron chi connectivity index (χ3n) is 2.98. The molecular formula is C15H14O3. The molecule has 3 nitrogen and oxygen atoms in total. The molecule has 0 radical (unpaired) electrons. The van der Waals surface area contributed by atoms with Gasteiger partial charge in [0, 0.05) is 0 Å². The molecule has 0 amide bonds. The Balaban J connectivity index is 2.58. The first-order valence-corrected chi connectivity index (χ1v) is 5.63. The lowest BCUT2D eigenvalue weighted by Gasteiger charge is -2.10. The standard InChI is InChI=1S/C15H14O3/c1-9-3-5-12(16)8-14(9)13-6-4-11(15(17)18)7-10(13)2/h3-8,16H,1-2H3,(H,17,18). The number of hydrogen-bond acceptors (Lipinski definition) is 2. The number of benzene rings is 2. The van der Waals surface area contributed by atoms with Crippen LogP contribution in [0.2, 0.25) is 0 Å². The average Bonchev–Trinajstić information content (AvgIpc) is 2.32. The molecule has 3 heteroatoms. The number of phenols is 1. The van der Waals surface area contributed by atoms with Gasteiger partial charge >= 0.3 is 5.97 Å². The van der Waals surface area contributed by atoms with Gasteiger partial charge in [-0.25, -0.2) is 4.79 Å². The van der Waals surface area contributed by atoms with Crippen LogP contribution in [0, 0.1) is 13.8 Å². The Morgan fingerprint density at radius 1 is 0.944 bits per heavy atom. The third kappa shape index (κ3) is 2.20. The number of carboxylic acids is 1. The Kier molecular flexibility index (Phi) is 3.06.